The lowest BCUT2D eigenvalue weighted by atomic mass is 10.1. The van der Waals surface area contributed by atoms with E-state index in [9.17, 15) is 9.59 Å². The highest BCUT2D eigenvalue weighted by molar-refractivity contribution is 5.88. The summed E-state index contributed by atoms with van der Waals surface area (Å²) in [5, 5.41) is 14.7. The molecule has 0 radical (unpaired) electrons. The summed E-state index contributed by atoms with van der Waals surface area (Å²) < 4.78 is 0. The molecule has 2 heterocycles. The lowest BCUT2D eigenvalue weighted by Gasteiger charge is -2.33. The highest BCUT2D eigenvalue weighted by Crippen LogP contribution is 2.11. The van der Waals surface area contributed by atoms with Gasteiger partial charge >= 0.3 is 12.1 Å². The first-order chi connectivity index (χ1) is 14.0. The number of hydrogen-bond donors (Lipinski definition) is 3. The van der Waals surface area contributed by atoms with Gasteiger partial charge in [0.05, 0.1) is 11.9 Å². The minimum absolute atomic E-state index is 0.247. The largest absolute Gasteiger partial charge is 0.465 e. The molecule has 1 fully saturated rings. The van der Waals surface area contributed by atoms with E-state index < -0.39 is 6.09 Å². The van der Waals surface area contributed by atoms with Crippen molar-refractivity contribution in [1.82, 2.24) is 20.1 Å². The summed E-state index contributed by atoms with van der Waals surface area (Å²) in [5.74, 6) is 0. The lowest BCUT2D eigenvalue weighted by molar-refractivity contribution is 0.103. The number of aryl methyl sites for hydroxylation is 1. The van der Waals surface area contributed by atoms with Gasteiger partial charge in [-0.15, -0.1) is 0 Å². The highest BCUT2D eigenvalue weighted by atomic mass is 16.4. The summed E-state index contributed by atoms with van der Waals surface area (Å²) in [6.45, 7) is 5.81. The Morgan fingerprint density at radius 3 is 2.55 bits per heavy atom. The average Bonchev–Trinajstić information content (AvgIpc) is 2.70. The Morgan fingerprint density at radius 1 is 1.10 bits per heavy atom. The number of piperazine rings is 1. The van der Waals surface area contributed by atoms with Crippen LogP contribution in [0, 0.1) is 6.92 Å². The van der Waals surface area contributed by atoms with E-state index in [4.69, 9.17) is 5.11 Å². The fraction of sp³-hybridized carbons (Fsp3) is 0.381. The van der Waals surface area contributed by atoms with Gasteiger partial charge in [-0.25, -0.2) is 9.59 Å². The number of carbonyl (C=O) groups is 2. The molecule has 154 valence electrons. The molecular weight excluding hydrogens is 370 g/mol. The van der Waals surface area contributed by atoms with Gasteiger partial charge < -0.3 is 20.6 Å². The third-order valence-corrected chi connectivity index (χ3v) is 4.91. The van der Waals surface area contributed by atoms with Crippen LogP contribution in [-0.4, -0.2) is 64.7 Å². The number of carboxylic acid groups (broad SMARTS) is 1. The molecular formula is C21H27N5O3. The van der Waals surface area contributed by atoms with E-state index in [2.05, 4.69) is 38.7 Å². The smallest absolute Gasteiger partial charge is 0.407 e. The lowest BCUT2D eigenvalue weighted by Crippen LogP contribution is -2.47. The third-order valence-electron chi connectivity index (χ3n) is 4.91. The molecule has 1 aliphatic heterocycles. The number of benzene rings is 1. The second kappa shape index (κ2) is 9.88. The average molecular weight is 397 g/mol. The van der Waals surface area contributed by atoms with Crippen molar-refractivity contribution in [3.8, 4) is 0 Å². The van der Waals surface area contributed by atoms with Gasteiger partial charge in [0.1, 0.15) is 0 Å². The molecule has 3 amide bonds. The van der Waals surface area contributed by atoms with Crippen LogP contribution >= 0.6 is 0 Å². The fourth-order valence-corrected chi connectivity index (χ4v) is 3.28. The number of urea groups is 1. The van der Waals surface area contributed by atoms with Gasteiger partial charge in [-0.2, -0.15) is 0 Å². The van der Waals surface area contributed by atoms with Crippen molar-refractivity contribution < 1.29 is 14.7 Å². The number of nitrogens with zero attached hydrogens (tertiary/aromatic N) is 3. The van der Waals surface area contributed by atoms with E-state index in [0.717, 1.165) is 37.3 Å². The molecule has 3 rings (SSSR count). The molecule has 1 aromatic carbocycles. The van der Waals surface area contributed by atoms with Gasteiger partial charge in [0, 0.05) is 45.0 Å². The molecule has 1 aromatic heterocycles. The van der Waals surface area contributed by atoms with Crippen LogP contribution in [0.3, 0.4) is 0 Å². The van der Waals surface area contributed by atoms with E-state index in [1.165, 1.54) is 10.5 Å². The maximum Gasteiger partial charge on any atom is 0.407 e. The van der Waals surface area contributed by atoms with Gasteiger partial charge in [-0.3, -0.25) is 9.88 Å². The Kier molecular flexibility index (Phi) is 7.02. The number of pyridine rings is 1. The Labute approximate surface area is 170 Å². The van der Waals surface area contributed by atoms with Crippen LogP contribution in [0.4, 0.5) is 15.3 Å². The van der Waals surface area contributed by atoms with Crippen LogP contribution in [-0.2, 0) is 13.0 Å². The number of amides is 3. The van der Waals surface area contributed by atoms with Crippen LogP contribution in [0.15, 0.2) is 42.6 Å². The number of rotatable bonds is 6. The predicted octanol–water partition coefficient (Wildman–Crippen LogP) is 2.55. The van der Waals surface area contributed by atoms with Crippen molar-refractivity contribution in [2.45, 2.75) is 19.9 Å². The monoisotopic (exact) mass is 397 g/mol. The normalized spacial score (nSPS) is 14.4. The standard InChI is InChI=1S/C21H27N5O3/c1-16-5-6-19(14-23-16)24-20(27)22-8-7-17-3-2-4-18(13-17)15-25-9-11-26(12-10-25)21(28)29/h2-6,13-14H,7-12,15H2,1H3,(H,28,29)(H2,22,24,27). The number of anilines is 1. The van der Waals surface area contributed by atoms with Crippen molar-refractivity contribution in [3.05, 3.63) is 59.4 Å². The van der Waals surface area contributed by atoms with Crippen molar-refractivity contribution in [3.63, 3.8) is 0 Å². The van der Waals surface area contributed by atoms with Crippen molar-refractivity contribution in [2.24, 2.45) is 0 Å². The number of carbonyl (C=O) groups excluding carboxylic acids is 1. The first-order valence-electron chi connectivity index (χ1n) is 9.75. The molecule has 0 spiro atoms. The second-order valence-corrected chi connectivity index (χ2v) is 7.18. The zero-order valence-corrected chi connectivity index (χ0v) is 16.6. The Hall–Kier alpha value is -3.13. The first kappa shape index (κ1) is 20.6. The predicted molar refractivity (Wildman–Crippen MR) is 111 cm³/mol. The van der Waals surface area contributed by atoms with Gasteiger partial charge in [0.15, 0.2) is 0 Å². The molecule has 8 heteroatoms. The minimum Gasteiger partial charge on any atom is -0.465 e. The molecule has 0 aliphatic carbocycles. The summed E-state index contributed by atoms with van der Waals surface area (Å²) in [7, 11) is 0. The number of nitrogens with one attached hydrogen (secondary N) is 2. The Morgan fingerprint density at radius 2 is 1.86 bits per heavy atom. The van der Waals surface area contributed by atoms with E-state index in [0.29, 0.717) is 25.3 Å². The van der Waals surface area contributed by atoms with Crippen molar-refractivity contribution in [2.75, 3.05) is 38.0 Å². The zero-order chi connectivity index (χ0) is 20.6. The topological polar surface area (TPSA) is 97.8 Å². The quantitative estimate of drug-likeness (QED) is 0.696. The fourth-order valence-electron chi connectivity index (χ4n) is 3.28. The Bertz CT molecular complexity index is 832. The molecule has 0 bridgehead atoms. The van der Waals surface area contributed by atoms with Gasteiger partial charge in [-0.05, 0) is 36.6 Å². The zero-order valence-electron chi connectivity index (χ0n) is 16.6. The summed E-state index contributed by atoms with van der Waals surface area (Å²) in [6.07, 6.45) is 1.52. The molecule has 29 heavy (non-hydrogen) atoms. The molecule has 0 atom stereocenters. The number of hydrogen-bond acceptors (Lipinski definition) is 4. The van der Waals surface area contributed by atoms with Crippen molar-refractivity contribution >= 4 is 17.8 Å². The summed E-state index contributed by atoms with van der Waals surface area (Å²) in [5.41, 5.74) is 3.92. The third kappa shape index (κ3) is 6.46. The van der Waals surface area contributed by atoms with E-state index in [-0.39, 0.29) is 6.03 Å². The summed E-state index contributed by atoms with van der Waals surface area (Å²) in [4.78, 5) is 30.9. The summed E-state index contributed by atoms with van der Waals surface area (Å²) in [6, 6.07) is 11.7. The second-order valence-electron chi connectivity index (χ2n) is 7.18. The Balaban J connectivity index is 1.42. The SMILES string of the molecule is Cc1ccc(NC(=O)NCCc2cccc(CN3CCN(C(=O)O)CC3)c2)cn1. The minimum atomic E-state index is -0.846. The first-order valence-corrected chi connectivity index (χ1v) is 9.75. The molecule has 1 aliphatic rings. The maximum atomic E-state index is 12.0. The molecule has 3 N–H and O–H groups in total. The van der Waals surface area contributed by atoms with Gasteiger partial charge in [0.2, 0.25) is 0 Å². The van der Waals surface area contributed by atoms with Crippen LogP contribution < -0.4 is 10.6 Å². The van der Waals surface area contributed by atoms with Crippen molar-refractivity contribution in [1.29, 1.82) is 0 Å². The molecule has 0 unspecified atom stereocenters. The molecule has 2 aromatic rings. The van der Waals surface area contributed by atoms with Gasteiger partial charge in [0.25, 0.3) is 0 Å². The van der Waals surface area contributed by atoms with E-state index >= 15 is 0 Å². The summed E-state index contributed by atoms with van der Waals surface area (Å²) >= 11 is 0. The van der Waals surface area contributed by atoms with Crippen LogP contribution in [0.2, 0.25) is 0 Å². The highest BCUT2D eigenvalue weighted by Gasteiger charge is 2.20. The molecule has 0 saturated carbocycles. The van der Waals surface area contributed by atoms with Crippen LogP contribution in [0.5, 0.6) is 0 Å². The maximum absolute atomic E-state index is 12.0. The van der Waals surface area contributed by atoms with Crippen LogP contribution in [0.25, 0.3) is 0 Å². The number of aromatic nitrogens is 1. The van der Waals surface area contributed by atoms with E-state index in [1.54, 1.807) is 6.20 Å². The molecule has 8 nitrogen and oxygen atoms in total. The van der Waals surface area contributed by atoms with Crippen LogP contribution in [0.1, 0.15) is 16.8 Å². The van der Waals surface area contributed by atoms with E-state index in [1.807, 2.05) is 25.1 Å². The van der Waals surface area contributed by atoms with Gasteiger partial charge in [-0.1, -0.05) is 24.3 Å². The molecule has 1 saturated heterocycles.